The lowest BCUT2D eigenvalue weighted by atomic mass is 10.1. The van der Waals surface area contributed by atoms with Gasteiger partial charge in [0.25, 0.3) is 0 Å². The van der Waals surface area contributed by atoms with Crippen LogP contribution < -0.4 is 9.47 Å². The van der Waals surface area contributed by atoms with Crippen LogP contribution in [0, 0.1) is 0 Å². The number of aromatic carboxylic acids is 1. The fourth-order valence-electron chi connectivity index (χ4n) is 3.68. The normalized spacial score (nSPS) is 11.8. The van der Waals surface area contributed by atoms with Crippen LogP contribution in [0.15, 0.2) is 84.9 Å². The van der Waals surface area contributed by atoms with Crippen molar-refractivity contribution in [3.8, 4) is 11.5 Å². The lowest BCUT2D eigenvalue weighted by molar-refractivity contribution is -0.137. The Balaban J connectivity index is 1.51. The summed E-state index contributed by atoms with van der Waals surface area (Å²) in [5.41, 5.74) is 2.31. The first-order valence-corrected chi connectivity index (χ1v) is 13.8. The number of thioether (sulfide) groups is 1. The number of hydrogen-bond acceptors (Lipinski definition) is 5. The molecule has 3 aromatic rings. The molecule has 1 unspecified atom stereocenters. The molecule has 2 N–H and O–H groups in total. The first kappa shape index (κ1) is 28.9. The van der Waals surface area contributed by atoms with Gasteiger partial charge >= 0.3 is 11.9 Å². The van der Waals surface area contributed by atoms with E-state index in [1.165, 1.54) is 0 Å². The van der Waals surface area contributed by atoms with Crippen molar-refractivity contribution < 1.29 is 29.3 Å². The Bertz CT molecular complexity index is 1160. The zero-order valence-corrected chi connectivity index (χ0v) is 22.1. The molecule has 3 rings (SSSR count). The van der Waals surface area contributed by atoms with Gasteiger partial charge in [-0.15, -0.1) is 0 Å². The minimum absolute atomic E-state index is 0.119. The number of carbonyl (C=O) groups is 2. The second-order valence-electron chi connectivity index (χ2n) is 8.76. The van der Waals surface area contributed by atoms with E-state index in [-0.39, 0.29) is 17.2 Å². The standard InChI is InChI=1S/C31H34O6S/c32-30(33)12-7-21-38-29(23-25-13-16-26(17-14-25)31(34)35)18-15-24-8-6-11-28(22-24)37-20-5-4-19-36-27-9-2-1-3-10-27/h1-3,6,8-11,13-18,22,29H,4-5,7,12,19-21,23H2,(H,32,33)(H,34,35)/b18-15-. The third kappa shape index (κ3) is 11.1. The number of para-hydroxylation sites is 1. The molecule has 0 saturated heterocycles. The molecule has 0 radical (unpaired) electrons. The van der Waals surface area contributed by atoms with E-state index in [0.717, 1.165) is 47.6 Å². The topological polar surface area (TPSA) is 93.1 Å². The number of rotatable bonds is 17. The lowest BCUT2D eigenvalue weighted by Crippen LogP contribution is -2.06. The van der Waals surface area contributed by atoms with Gasteiger partial charge in [0.05, 0.1) is 18.8 Å². The Morgan fingerprint density at radius 1 is 0.816 bits per heavy atom. The van der Waals surface area contributed by atoms with Gasteiger partial charge in [0.15, 0.2) is 0 Å². The molecule has 200 valence electrons. The maximum absolute atomic E-state index is 11.1. The highest BCUT2D eigenvalue weighted by molar-refractivity contribution is 8.00. The Morgan fingerprint density at radius 2 is 1.50 bits per heavy atom. The predicted molar refractivity (Wildman–Crippen MR) is 152 cm³/mol. The van der Waals surface area contributed by atoms with Gasteiger partial charge in [0, 0.05) is 11.7 Å². The Morgan fingerprint density at radius 3 is 2.18 bits per heavy atom. The van der Waals surface area contributed by atoms with E-state index in [2.05, 4.69) is 12.2 Å². The molecule has 0 spiro atoms. The monoisotopic (exact) mass is 534 g/mol. The molecule has 0 aliphatic heterocycles. The van der Waals surface area contributed by atoms with Crippen molar-refractivity contribution >= 4 is 29.8 Å². The van der Waals surface area contributed by atoms with Crippen LogP contribution in [-0.4, -0.2) is 46.4 Å². The molecule has 6 nitrogen and oxygen atoms in total. The summed E-state index contributed by atoms with van der Waals surface area (Å²) in [6.07, 6.45) is 7.44. The maximum Gasteiger partial charge on any atom is 0.335 e. The van der Waals surface area contributed by atoms with Gasteiger partial charge < -0.3 is 19.7 Å². The predicted octanol–water partition coefficient (Wildman–Crippen LogP) is 6.85. The lowest BCUT2D eigenvalue weighted by Gasteiger charge is -2.13. The number of aliphatic carboxylic acids is 1. The molecule has 0 aliphatic rings. The number of unbranched alkanes of at least 4 members (excludes halogenated alkanes) is 1. The summed E-state index contributed by atoms with van der Waals surface area (Å²) >= 11 is 1.70. The molecule has 0 aromatic heterocycles. The number of hydrogen-bond donors (Lipinski definition) is 2. The molecule has 0 aliphatic carbocycles. The number of carboxylic acids is 2. The Hall–Kier alpha value is -3.71. The third-order valence-corrected chi connectivity index (χ3v) is 6.96. The highest BCUT2D eigenvalue weighted by atomic mass is 32.2. The molecular weight excluding hydrogens is 500 g/mol. The molecule has 0 saturated carbocycles. The van der Waals surface area contributed by atoms with Crippen LogP contribution in [0.2, 0.25) is 0 Å². The summed E-state index contributed by atoms with van der Waals surface area (Å²) in [4.78, 5) is 22.0. The van der Waals surface area contributed by atoms with Gasteiger partial charge in [-0.05, 0) is 79.0 Å². The van der Waals surface area contributed by atoms with Gasteiger partial charge in [0.1, 0.15) is 11.5 Å². The zero-order valence-electron chi connectivity index (χ0n) is 21.3. The summed E-state index contributed by atoms with van der Waals surface area (Å²) < 4.78 is 11.7. The minimum atomic E-state index is -0.946. The van der Waals surface area contributed by atoms with Crippen molar-refractivity contribution in [2.45, 2.75) is 37.4 Å². The van der Waals surface area contributed by atoms with Crippen LogP contribution in [0.5, 0.6) is 11.5 Å². The molecule has 1 atom stereocenters. The van der Waals surface area contributed by atoms with E-state index in [1.807, 2.05) is 66.7 Å². The third-order valence-electron chi connectivity index (χ3n) is 5.69. The molecule has 0 bridgehead atoms. The van der Waals surface area contributed by atoms with Crippen molar-refractivity contribution in [1.29, 1.82) is 0 Å². The summed E-state index contributed by atoms with van der Waals surface area (Å²) in [7, 11) is 0. The van der Waals surface area contributed by atoms with E-state index in [0.29, 0.717) is 19.6 Å². The zero-order chi connectivity index (χ0) is 27.0. The second kappa shape index (κ2) is 16.2. The molecular formula is C31H34O6S. The van der Waals surface area contributed by atoms with Gasteiger partial charge in [-0.2, -0.15) is 11.8 Å². The SMILES string of the molecule is O=C(O)CCCSC(/C=C\c1cccc(OCCCCOc2ccccc2)c1)Cc1ccc(C(=O)O)cc1. The van der Waals surface area contributed by atoms with Crippen LogP contribution in [0.1, 0.15) is 47.2 Å². The summed E-state index contributed by atoms with van der Waals surface area (Å²) in [6, 6.07) is 24.6. The average molecular weight is 535 g/mol. The van der Waals surface area contributed by atoms with Gasteiger partial charge in [-0.1, -0.05) is 54.6 Å². The first-order valence-electron chi connectivity index (χ1n) is 12.7. The highest BCUT2D eigenvalue weighted by Gasteiger charge is 2.10. The van der Waals surface area contributed by atoms with Gasteiger partial charge in [-0.25, -0.2) is 4.79 Å². The van der Waals surface area contributed by atoms with Crippen LogP contribution in [-0.2, 0) is 11.2 Å². The molecule has 0 fully saturated rings. The molecule has 38 heavy (non-hydrogen) atoms. The molecule has 0 amide bonds. The van der Waals surface area contributed by atoms with E-state index in [9.17, 15) is 9.59 Å². The highest BCUT2D eigenvalue weighted by Crippen LogP contribution is 2.22. The van der Waals surface area contributed by atoms with Crippen molar-refractivity contribution in [1.82, 2.24) is 0 Å². The van der Waals surface area contributed by atoms with Crippen LogP contribution in [0.3, 0.4) is 0 Å². The van der Waals surface area contributed by atoms with E-state index >= 15 is 0 Å². The van der Waals surface area contributed by atoms with Crippen molar-refractivity contribution in [2.24, 2.45) is 0 Å². The second-order valence-corrected chi connectivity index (χ2v) is 10.1. The number of ether oxygens (including phenoxy) is 2. The smallest absolute Gasteiger partial charge is 0.335 e. The van der Waals surface area contributed by atoms with E-state index < -0.39 is 11.9 Å². The number of benzene rings is 3. The van der Waals surface area contributed by atoms with E-state index in [4.69, 9.17) is 19.7 Å². The van der Waals surface area contributed by atoms with Gasteiger partial charge in [-0.3, -0.25) is 4.79 Å². The van der Waals surface area contributed by atoms with Crippen LogP contribution in [0.25, 0.3) is 6.08 Å². The van der Waals surface area contributed by atoms with E-state index in [1.54, 1.807) is 23.9 Å². The Labute approximate surface area is 228 Å². The Kier molecular flexibility index (Phi) is 12.3. The van der Waals surface area contributed by atoms with Crippen molar-refractivity contribution in [2.75, 3.05) is 19.0 Å². The van der Waals surface area contributed by atoms with Crippen LogP contribution in [0.4, 0.5) is 0 Å². The average Bonchev–Trinajstić information content (AvgIpc) is 2.92. The number of carboxylic acid groups (broad SMARTS) is 2. The molecule has 3 aromatic carbocycles. The minimum Gasteiger partial charge on any atom is -0.494 e. The molecule has 7 heteroatoms. The van der Waals surface area contributed by atoms with Gasteiger partial charge in [0.2, 0.25) is 0 Å². The summed E-state index contributed by atoms with van der Waals surface area (Å²) in [5, 5.41) is 18.2. The maximum atomic E-state index is 11.1. The summed E-state index contributed by atoms with van der Waals surface area (Å²) in [5.74, 6) is 0.682. The van der Waals surface area contributed by atoms with Crippen LogP contribution >= 0.6 is 11.8 Å². The van der Waals surface area contributed by atoms with Crippen molar-refractivity contribution in [3.63, 3.8) is 0 Å². The van der Waals surface area contributed by atoms with Crippen molar-refractivity contribution in [3.05, 3.63) is 102 Å². The molecule has 0 heterocycles. The fraction of sp³-hybridized carbons (Fsp3) is 0.290. The quantitative estimate of drug-likeness (QED) is 0.183. The first-order chi connectivity index (χ1) is 18.5. The largest absolute Gasteiger partial charge is 0.494 e. The summed E-state index contributed by atoms with van der Waals surface area (Å²) in [6.45, 7) is 1.26. The fourth-order valence-corrected chi connectivity index (χ4v) is 4.80.